The van der Waals surface area contributed by atoms with Crippen LogP contribution < -0.4 is 5.32 Å². The Morgan fingerprint density at radius 3 is 2.72 bits per heavy atom. The number of nitrogens with one attached hydrogen (secondary N) is 1. The average molecular weight is 256 g/mol. The topological polar surface area (TPSA) is 109 Å². The molecule has 0 unspecified atom stereocenters. The summed E-state index contributed by atoms with van der Waals surface area (Å²) in [6.45, 7) is 2.30. The molecule has 0 aliphatic rings. The molecule has 0 bridgehead atoms. The number of aromatic nitrogens is 2. The number of hydrogen-bond donors (Lipinski definition) is 2. The van der Waals surface area contributed by atoms with Crippen LogP contribution in [0.5, 0.6) is 0 Å². The van der Waals surface area contributed by atoms with Crippen molar-refractivity contribution in [2.45, 2.75) is 19.8 Å². The van der Waals surface area contributed by atoms with Crippen LogP contribution >= 0.6 is 0 Å². The van der Waals surface area contributed by atoms with Crippen molar-refractivity contribution in [3.63, 3.8) is 0 Å². The maximum Gasteiger partial charge on any atom is 0.322 e. The number of amides is 1. The first kappa shape index (κ1) is 14.1. The van der Waals surface area contributed by atoms with Gasteiger partial charge in [-0.25, -0.2) is 0 Å². The zero-order valence-electron chi connectivity index (χ0n) is 10.3. The van der Waals surface area contributed by atoms with E-state index in [-0.39, 0.29) is 24.9 Å². The fourth-order valence-corrected chi connectivity index (χ4v) is 1.33. The SMILES string of the molecule is Cc1nnc(NC(=O)CN(C)CCCC(=O)O)o1. The lowest BCUT2D eigenvalue weighted by Gasteiger charge is -2.14. The van der Waals surface area contributed by atoms with Gasteiger partial charge in [0.25, 0.3) is 0 Å². The summed E-state index contributed by atoms with van der Waals surface area (Å²) >= 11 is 0. The van der Waals surface area contributed by atoms with Gasteiger partial charge in [-0.05, 0) is 20.0 Å². The summed E-state index contributed by atoms with van der Waals surface area (Å²) in [5.41, 5.74) is 0. The maximum atomic E-state index is 11.5. The van der Waals surface area contributed by atoms with E-state index in [0.29, 0.717) is 18.9 Å². The summed E-state index contributed by atoms with van der Waals surface area (Å²) in [6.07, 6.45) is 0.591. The Kier molecular flexibility index (Phi) is 5.25. The second-order valence-electron chi connectivity index (χ2n) is 3.91. The van der Waals surface area contributed by atoms with Gasteiger partial charge in [-0.15, -0.1) is 5.10 Å². The van der Waals surface area contributed by atoms with Crippen molar-refractivity contribution in [1.29, 1.82) is 0 Å². The Hall–Kier alpha value is -1.96. The summed E-state index contributed by atoms with van der Waals surface area (Å²) in [4.78, 5) is 23.6. The van der Waals surface area contributed by atoms with E-state index >= 15 is 0 Å². The molecule has 1 amide bonds. The molecule has 1 aromatic rings. The summed E-state index contributed by atoms with van der Waals surface area (Å²) in [6, 6.07) is 0.0661. The summed E-state index contributed by atoms with van der Waals surface area (Å²) < 4.78 is 5.00. The monoisotopic (exact) mass is 256 g/mol. The quantitative estimate of drug-likeness (QED) is 0.712. The molecule has 100 valence electrons. The molecule has 8 heteroatoms. The molecule has 0 atom stereocenters. The Labute approximate surface area is 104 Å². The minimum Gasteiger partial charge on any atom is -0.481 e. The van der Waals surface area contributed by atoms with Gasteiger partial charge in [0.1, 0.15) is 0 Å². The molecule has 1 heterocycles. The number of anilines is 1. The second kappa shape index (κ2) is 6.70. The third-order valence-corrected chi connectivity index (χ3v) is 2.12. The van der Waals surface area contributed by atoms with Crippen molar-refractivity contribution in [3.05, 3.63) is 5.89 Å². The normalized spacial score (nSPS) is 10.6. The standard InChI is InChI=1S/C10H16N4O4/c1-7-12-13-10(18-7)11-8(15)6-14(2)5-3-4-9(16)17/h3-6H2,1-2H3,(H,16,17)(H,11,13,15). The highest BCUT2D eigenvalue weighted by Gasteiger charge is 2.10. The first-order valence-electron chi connectivity index (χ1n) is 5.47. The van der Waals surface area contributed by atoms with Gasteiger partial charge in [0.15, 0.2) is 0 Å². The number of aryl methyl sites for hydroxylation is 1. The van der Waals surface area contributed by atoms with Gasteiger partial charge in [0, 0.05) is 13.3 Å². The molecule has 2 N–H and O–H groups in total. The summed E-state index contributed by atoms with van der Waals surface area (Å²) in [5.74, 6) is -0.745. The van der Waals surface area contributed by atoms with Crippen molar-refractivity contribution < 1.29 is 19.1 Å². The highest BCUT2D eigenvalue weighted by Crippen LogP contribution is 2.03. The number of aliphatic carboxylic acids is 1. The van der Waals surface area contributed by atoms with Gasteiger partial charge in [0.2, 0.25) is 11.8 Å². The van der Waals surface area contributed by atoms with Gasteiger partial charge in [-0.2, -0.15) is 0 Å². The molecule has 0 saturated carbocycles. The zero-order valence-corrected chi connectivity index (χ0v) is 10.3. The minimum absolute atomic E-state index is 0.0661. The number of hydrogen-bond acceptors (Lipinski definition) is 6. The Balaban J connectivity index is 2.25. The van der Waals surface area contributed by atoms with E-state index in [9.17, 15) is 9.59 Å². The van der Waals surface area contributed by atoms with Crippen LogP contribution in [0.3, 0.4) is 0 Å². The number of carboxylic acid groups (broad SMARTS) is 1. The molecule has 8 nitrogen and oxygen atoms in total. The number of rotatable bonds is 7. The molecule has 0 aromatic carbocycles. The van der Waals surface area contributed by atoms with Crippen LogP contribution in [0.25, 0.3) is 0 Å². The van der Waals surface area contributed by atoms with E-state index in [1.54, 1.807) is 18.9 Å². The molecule has 18 heavy (non-hydrogen) atoms. The van der Waals surface area contributed by atoms with Crippen LogP contribution in [0.1, 0.15) is 18.7 Å². The van der Waals surface area contributed by atoms with E-state index in [1.165, 1.54) is 0 Å². The molecule has 0 saturated heterocycles. The lowest BCUT2D eigenvalue weighted by Crippen LogP contribution is -2.31. The van der Waals surface area contributed by atoms with Crippen molar-refractivity contribution in [2.24, 2.45) is 0 Å². The van der Waals surface area contributed by atoms with E-state index < -0.39 is 5.97 Å². The molecule has 1 rings (SSSR count). The fraction of sp³-hybridized carbons (Fsp3) is 0.600. The van der Waals surface area contributed by atoms with Crippen LogP contribution in [0, 0.1) is 6.92 Å². The largest absolute Gasteiger partial charge is 0.481 e. The van der Waals surface area contributed by atoms with Gasteiger partial charge >= 0.3 is 12.0 Å². The van der Waals surface area contributed by atoms with Crippen molar-refractivity contribution in [3.8, 4) is 0 Å². The van der Waals surface area contributed by atoms with Crippen molar-refractivity contribution in [1.82, 2.24) is 15.1 Å². The lowest BCUT2D eigenvalue weighted by molar-refractivity contribution is -0.137. The third kappa shape index (κ3) is 5.39. The number of carbonyl (C=O) groups is 2. The van der Waals surface area contributed by atoms with E-state index in [2.05, 4.69) is 15.5 Å². The number of carboxylic acids is 1. The predicted molar refractivity (Wildman–Crippen MR) is 62.0 cm³/mol. The molecule has 0 aliphatic heterocycles. The third-order valence-electron chi connectivity index (χ3n) is 2.12. The minimum atomic E-state index is -0.839. The zero-order chi connectivity index (χ0) is 13.5. The lowest BCUT2D eigenvalue weighted by atomic mass is 10.3. The van der Waals surface area contributed by atoms with Crippen LogP contribution in [-0.2, 0) is 9.59 Å². The number of likely N-dealkylation sites (N-methyl/N-ethyl adjacent to an activating group) is 1. The molecular formula is C10H16N4O4. The van der Waals surface area contributed by atoms with Crippen LogP contribution in [0.2, 0.25) is 0 Å². The van der Waals surface area contributed by atoms with Gasteiger partial charge < -0.3 is 9.52 Å². The van der Waals surface area contributed by atoms with Crippen molar-refractivity contribution >= 4 is 17.9 Å². The number of nitrogens with zero attached hydrogens (tertiary/aromatic N) is 3. The van der Waals surface area contributed by atoms with Gasteiger partial charge in [-0.3, -0.25) is 19.8 Å². The molecule has 0 spiro atoms. The van der Waals surface area contributed by atoms with Crippen molar-refractivity contribution in [2.75, 3.05) is 25.5 Å². The van der Waals surface area contributed by atoms with Crippen LogP contribution in [-0.4, -0.2) is 52.2 Å². The molecule has 0 aliphatic carbocycles. The van der Waals surface area contributed by atoms with Crippen LogP contribution in [0.4, 0.5) is 6.01 Å². The van der Waals surface area contributed by atoms with E-state index in [0.717, 1.165) is 0 Å². The first-order valence-corrected chi connectivity index (χ1v) is 5.47. The Morgan fingerprint density at radius 1 is 1.44 bits per heavy atom. The average Bonchev–Trinajstić information content (AvgIpc) is 2.62. The highest BCUT2D eigenvalue weighted by molar-refractivity contribution is 5.90. The van der Waals surface area contributed by atoms with Gasteiger partial charge in [-0.1, -0.05) is 5.10 Å². The fourth-order valence-electron chi connectivity index (χ4n) is 1.33. The molecule has 0 radical (unpaired) electrons. The van der Waals surface area contributed by atoms with Gasteiger partial charge in [0.05, 0.1) is 6.54 Å². The maximum absolute atomic E-state index is 11.5. The molecule has 1 aromatic heterocycles. The number of carbonyl (C=O) groups excluding carboxylic acids is 1. The smallest absolute Gasteiger partial charge is 0.322 e. The second-order valence-corrected chi connectivity index (χ2v) is 3.91. The predicted octanol–water partition coefficient (Wildman–Crippen LogP) is 0.113. The first-order chi connectivity index (χ1) is 8.47. The van der Waals surface area contributed by atoms with E-state index in [1.807, 2.05) is 0 Å². The Bertz CT molecular complexity index is 418. The highest BCUT2D eigenvalue weighted by atomic mass is 16.4. The Morgan fingerprint density at radius 2 is 2.17 bits per heavy atom. The summed E-state index contributed by atoms with van der Waals surface area (Å²) in [7, 11) is 1.74. The summed E-state index contributed by atoms with van der Waals surface area (Å²) in [5, 5.41) is 18.1. The molecular weight excluding hydrogens is 240 g/mol. The van der Waals surface area contributed by atoms with Crippen LogP contribution in [0.15, 0.2) is 4.42 Å². The molecule has 0 fully saturated rings. The van der Waals surface area contributed by atoms with E-state index in [4.69, 9.17) is 9.52 Å².